The summed E-state index contributed by atoms with van der Waals surface area (Å²) in [6.45, 7) is 0.789. The smallest absolute Gasteiger partial charge is 0.223 e. The summed E-state index contributed by atoms with van der Waals surface area (Å²) >= 11 is 0. The number of aryl methyl sites for hydroxylation is 2. The lowest BCUT2D eigenvalue weighted by Crippen LogP contribution is -2.27. The number of para-hydroxylation sites is 1. The molecule has 2 saturated carbocycles. The zero-order chi connectivity index (χ0) is 19.6. The van der Waals surface area contributed by atoms with Crippen molar-refractivity contribution in [3.05, 3.63) is 65.5 Å². The molecule has 4 nitrogen and oxygen atoms in total. The summed E-state index contributed by atoms with van der Waals surface area (Å²) in [5.41, 5.74) is 4.57. The fourth-order valence-electron chi connectivity index (χ4n) is 4.24. The van der Waals surface area contributed by atoms with Gasteiger partial charge in [0.25, 0.3) is 0 Å². The minimum Gasteiger partial charge on any atom is -0.440 e. The van der Waals surface area contributed by atoms with Crippen LogP contribution in [0.1, 0.15) is 55.0 Å². The monoisotopic (exact) mass is 388 g/mol. The first-order valence-electron chi connectivity index (χ1n) is 11.0. The molecule has 2 aliphatic rings. The van der Waals surface area contributed by atoms with E-state index < -0.39 is 0 Å². The zero-order valence-electron chi connectivity index (χ0n) is 16.8. The van der Waals surface area contributed by atoms with E-state index in [-0.39, 0.29) is 11.8 Å². The number of nitrogens with one attached hydrogen (secondary N) is 1. The number of fused-ring (bicyclic) bond motifs is 1. The SMILES string of the molecule is O=C(NC[C@@H]1C[C@H]1c1cccc2nc(CCCCc3ccccc3)oc12)C1CC1. The number of hydrogen-bond acceptors (Lipinski definition) is 3. The van der Waals surface area contributed by atoms with Crippen molar-refractivity contribution in [3.63, 3.8) is 0 Å². The molecule has 2 fully saturated rings. The van der Waals surface area contributed by atoms with E-state index in [1.807, 2.05) is 6.07 Å². The van der Waals surface area contributed by atoms with Crippen molar-refractivity contribution in [2.75, 3.05) is 6.54 Å². The number of amides is 1. The van der Waals surface area contributed by atoms with Crippen molar-refractivity contribution in [1.29, 1.82) is 0 Å². The first-order valence-corrected chi connectivity index (χ1v) is 11.0. The van der Waals surface area contributed by atoms with Crippen molar-refractivity contribution in [1.82, 2.24) is 10.3 Å². The van der Waals surface area contributed by atoms with Gasteiger partial charge in [0.05, 0.1) is 0 Å². The molecular weight excluding hydrogens is 360 g/mol. The van der Waals surface area contributed by atoms with Gasteiger partial charge in [0, 0.05) is 24.4 Å². The van der Waals surface area contributed by atoms with Gasteiger partial charge < -0.3 is 9.73 Å². The Morgan fingerprint density at radius 1 is 1.03 bits per heavy atom. The molecule has 2 aromatic carbocycles. The molecule has 2 atom stereocenters. The van der Waals surface area contributed by atoms with Gasteiger partial charge in [-0.2, -0.15) is 0 Å². The summed E-state index contributed by atoms with van der Waals surface area (Å²) in [4.78, 5) is 16.6. The van der Waals surface area contributed by atoms with Gasteiger partial charge in [-0.05, 0) is 62.0 Å². The highest BCUT2D eigenvalue weighted by Crippen LogP contribution is 2.49. The largest absolute Gasteiger partial charge is 0.440 e. The van der Waals surface area contributed by atoms with Crippen molar-refractivity contribution in [2.24, 2.45) is 11.8 Å². The molecule has 1 amide bonds. The van der Waals surface area contributed by atoms with Gasteiger partial charge in [-0.1, -0.05) is 42.5 Å². The molecule has 1 heterocycles. The molecule has 3 aromatic rings. The lowest BCUT2D eigenvalue weighted by atomic mass is 10.1. The topological polar surface area (TPSA) is 55.1 Å². The summed E-state index contributed by atoms with van der Waals surface area (Å²) in [6, 6.07) is 16.9. The minimum atomic E-state index is 0.242. The van der Waals surface area contributed by atoms with Gasteiger partial charge in [-0.3, -0.25) is 4.79 Å². The molecule has 0 spiro atoms. The van der Waals surface area contributed by atoms with E-state index >= 15 is 0 Å². The van der Waals surface area contributed by atoms with Crippen LogP contribution in [-0.4, -0.2) is 17.4 Å². The van der Waals surface area contributed by atoms with Crippen LogP contribution in [0.4, 0.5) is 0 Å². The first-order chi connectivity index (χ1) is 14.3. The summed E-state index contributed by atoms with van der Waals surface area (Å²) in [5.74, 6) is 2.39. The van der Waals surface area contributed by atoms with Crippen LogP contribution in [-0.2, 0) is 17.6 Å². The maximum absolute atomic E-state index is 11.9. The Hall–Kier alpha value is -2.62. The van der Waals surface area contributed by atoms with Crippen LogP contribution in [0.5, 0.6) is 0 Å². The predicted octanol–water partition coefficient (Wildman–Crippen LogP) is 5.02. The van der Waals surface area contributed by atoms with Gasteiger partial charge in [0.1, 0.15) is 5.52 Å². The molecular formula is C25H28N2O2. The number of oxazole rings is 1. The highest BCUT2D eigenvalue weighted by Gasteiger charge is 2.41. The van der Waals surface area contributed by atoms with E-state index in [1.165, 1.54) is 11.1 Å². The predicted molar refractivity (Wildman–Crippen MR) is 114 cm³/mol. The second kappa shape index (κ2) is 8.02. The molecule has 0 aliphatic heterocycles. The Kier molecular flexibility index (Phi) is 5.09. The number of rotatable bonds is 9. The highest BCUT2D eigenvalue weighted by molar-refractivity contribution is 5.81. The highest BCUT2D eigenvalue weighted by atomic mass is 16.3. The number of carbonyl (C=O) groups is 1. The fraction of sp³-hybridized carbons (Fsp3) is 0.440. The quantitative estimate of drug-likeness (QED) is 0.524. The summed E-state index contributed by atoms with van der Waals surface area (Å²) in [6.07, 6.45) is 7.44. The average Bonchev–Trinajstić information content (AvgIpc) is 3.67. The molecule has 29 heavy (non-hydrogen) atoms. The van der Waals surface area contributed by atoms with Gasteiger partial charge >= 0.3 is 0 Å². The van der Waals surface area contributed by atoms with E-state index in [0.717, 1.165) is 68.5 Å². The van der Waals surface area contributed by atoms with Gasteiger partial charge in [0.2, 0.25) is 5.91 Å². The van der Waals surface area contributed by atoms with E-state index in [1.54, 1.807) is 0 Å². The van der Waals surface area contributed by atoms with Gasteiger partial charge in [-0.25, -0.2) is 4.98 Å². The maximum atomic E-state index is 11.9. The van der Waals surface area contributed by atoms with Gasteiger partial charge in [0.15, 0.2) is 11.5 Å². The molecule has 0 bridgehead atoms. The number of nitrogens with zero attached hydrogens (tertiary/aromatic N) is 1. The van der Waals surface area contributed by atoms with E-state index in [0.29, 0.717) is 11.8 Å². The van der Waals surface area contributed by atoms with Gasteiger partial charge in [-0.15, -0.1) is 0 Å². The lowest BCUT2D eigenvalue weighted by Gasteiger charge is -2.04. The Labute approximate surface area is 171 Å². The van der Waals surface area contributed by atoms with Crippen molar-refractivity contribution in [2.45, 2.75) is 50.9 Å². The third-order valence-corrected chi connectivity index (χ3v) is 6.25. The molecule has 0 radical (unpaired) electrons. The number of carbonyl (C=O) groups excluding carboxylic acids is 1. The summed E-state index contributed by atoms with van der Waals surface area (Å²) in [5, 5.41) is 3.12. The third-order valence-electron chi connectivity index (χ3n) is 6.25. The molecule has 5 rings (SSSR count). The molecule has 1 N–H and O–H groups in total. The molecule has 1 aromatic heterocycles. The van der Waals surface area contributed by atoms with Crippen molar-refractivity contribution in [3.8, 4) is 0 Å². The minimum absolute atomic E-state index is 0.242. The van der Waals surface area contributed by atoms with Crippen molar-refractivity contribution >= 4 is 17.0 Å². The van der Waals surface area contributed by atoms with E-state index in [2.05, 4.69) is 47.8 Å². The molecule has 150 valence electrons. The van der Waals surface area contributed by atoms with Crippen molar-refractivity contribution < 1.29 is 9.21 Å². The van der Waals surface area contributed by atoms with Crippen LogP contribution in [0.15, 0.2) is 52.9 Å². The average molecular weight is 389 g/mol. The second-order valence-electron chi connectivity index (χ2n) is 8.62. The van der Waals surface area contributed by atoms with Crippen LogP contribution in [0.2, 0.25) is 0 Å². The zero-order valence-corrected chi connectivity index (χ0v) is 16.8. The number of benzene rings is 2. The second-order valence-corrected chi connectivity index (χ2v) is 8.62. The van der Waals surface area contributed by atoms with Crippen LogP contribution in [0.3, 0.4) is 0 Å². The Morgan fingerprint density at radius 3 is 2.69 bits per heavy atom. The number of unbranched alkanes of at least 4 members (excludes halogenated alkanes) is 1. The Balaban J connectivity index is 1.17. The third kappa shape index (κ3) is 4.36. The number of hydrogen-bond donors (Lipinski definition) is 1. The summed E-state index contributed by atoms with van der Waals surface area (Å²) in [7, 11) is 0. The maximum Gasteiger partial charge on any atom is 0.223 e. The molecule has 4 heteroatoms. The lowest BCUT2D eigenvalue weighted by molar-refractivity contribution is -0.122. The standard InChI is InChI=1S/C25H28N2O2/c28-25(18-13-14-18)26-16-19-15-21(19)20-10-6-11-22-24(20)29-23(27-22)12-5-4-9-17-7-2-1-3-8-17/h1-3,6-8,10-11,18-19,21H,4-5,9,12-16H2,(H,26,28)/t19-,21+/m0/s1. The Bertz CT molecular complexity index is 990. The number of aromatic nitrogens is 1. The Morgan fingerprint density at radius 2 is 1.86 bits per heavy atom. The fourth-order valence-corrected chi connectivity index (χ4v) is 4.24. The van der Waals surface area contributed by atoms with E-state index in [9.17, 15) is 4.79 Å². The van der Waals surface area contributed by atoms with E-state index in [4.69, 9.17) is 9.40 Å². The van der Waals surface area contributed by atoms with Crippen LogP contribution < -0.4 is 5.32 Å². The van der Waals surface area contributed by atoms with Crippen LogP contribution in [0, 0.1) is 11.8 Å². The molecule has 0 saturated heterocycles. The first kappa shape index (κ1) is 18.4. The molecule has 0 unspecified atom stereocenters. The summed E-state index contributed by atoms with van der Waals surface area (Å²) < 4.78 is 6.18. The van der Waals surface area contributed by atoms with Crippen LogP contribution in [0.25, 0.3) is 11.1 Å². The normalized spacial score (nSPS) is 20.7. The van der Waals surface area contributed by atoms with Crippen LogP contribution >= 0.6 is 0 Å². The molecule has 2 aliphatic carbocycles.